The van der Waals surface area contributed by atoms with Crippen molar-refractivity contribution >= 4 is 11.9 Å². The fourth-order valence-electron chi connectivity index (χ4n) is 0.949. The van der Waals surface area contributed by atoms with Crippen LogP contribution >= 0.6 is 0 Å². The summed E-state index contributed by atoms with van der Waals surface area (Å²) in [6, 6.07) is 0. The molecule has 0 aromatic heterocycles. The van der Waals surface area contributed by atoms with Gasteiger partial charge in [-0.3, -0.25) is 10.2 Å². The number of nitrogens with two attached hydrogens (primary N) is 1. The Bertz CT molecular complexity index is 243. The van der Waals surface area contributed by atoms with Gasteiger partial charge in [-0.1, -0.05) is 13.8 Å². The predicted molar refractivity (Wildman–Crippen MR) is 67.4 cm³/mol. The number of nitrogens with one attached hydrogen (secondary N) is 3. The summed E-state index contributed by atoms with van der Waals surface area (Å²) in [5.74, 6) is 5.93. The third-order valence-corrected chi connectivity index (χ3v) is 1.82. The molecule has 0 bridgehead atoms. The summed E-state index contributed by atoms with van der Waals surface area (Å²) in [6.07, 6.45) is 0. The van der Waals surface area contributed by atoms with Gasteiger partial charge in [0.2, 0.25) is 11.9 Å². The summed E-state index contributed by atoms with van der Waals surface area (Å²) in [6.45, 7) is 5.88. The van der Waals surface area contributed by atoms with E-state index in [-0.39, 0.29) is 12.5 Å². The molecule has 17 heavy (non-hydrogen) atoms. The van der Waals surface area contributed by atoms with E-state index in [2.05, 4.69) is 21.1 Å². The smallest absolute Gasteiger partial charge is 0.241 e. The average Bonchev–Trinajstić information content (AvgIpc) is 2.31. The molecule has 0 rings (SSSR count). The number of aliphatic imine (C=N–C) groups is 1. The molecule has 0 aromatic rings. The first-order chi connectivity index (χ1) is 8.10. The maximum absolute atomic E-state index is 11.4. The van der Waals surface area contributed by atoms with Gasteiger partial charge in [0.1, 0.15) is 6.54 Å². The number of guanidine groups is 1. The third-order valence-electron chi connectivity index (χ3n) is 1.82. The lowest BCUT2D eigenvalue weighted by Gasteiger charge is -2.09. The van der Waals surface area contributed by atoms with Gasteiger partial charge in [-0.15, -0.1) is 0 Å². The van der Waals surface area contributed by atoms with Crippen LogP contribution in [0.3, 0.4) is 0 Å². The Morgan fingerprint density at radius 2 is 2.12 bits per heavy atom. The van der Waals surface area contributed by atoms with Gasteiger partial charge in [0, 0.05) is 20.2 Å². The first kappa shape index (κ1) is 15.7. The van der Waals surface area contributed by atoms with E-state index in [0.29, 0.717) is 31.6 Å². The zero-order valence-corrected chi connectivity index (χ0v) is 10.7. The lowest BCUT2D eigenvalue weighted by molar-refractivity contribution is -0.119. The van der Waals surface area contributed by atoms with Gasteiger partial charge in [-0.25, -0.2) is 10.8 Å². The van der Waals surface area contributed by atoms with E-state index in [0.717, 1.165) is 0 Å². The van der Waals surface area contributed by atoms with Crippen LogP contribution in [-0.4, -0.2) is 45.2 Å². The molecule has 7 nitrogen and oxygen atoms in total. The molecule has 100 valence electrons. The highest BCUT2D eigenvalue weighted by Crippen LogP contribution is 1.86. The lowest BCUT2D eigenvalue weighted by atomic mass is 10.2. The highest BCUT2D eigenvalue weighted by molar-refractivity contribution is 5.84. The molecule has 0 aromatic carbocycles. The van der Waals surface area contributed by atoms with Gasteiger partial charge >= 0.3 is 0 Å². The van der Waals surface area contributed by atoms with Crippen LogP contribution in [0.15, 0.2) is 4.99 Å². The summed E-state index contributed by atoms with van der Waals surface area (Å²) < 4.78 is 4.86. The number of nitrogens with zero attached hydrogens (tertiary/aromatic N) is 1. The van der Waals surface area contributed by atoms with Crippen molar-refractivity contribution in [3.63, 3.8) is 0 Å². The maximum Gasteiger partial charge on any atom is 0.241 e. The number of hydrogen-bond acceptors (Lipinski definition) is 4. The first-order valence-corrected chi connectivity index (χ1v) is 5.60. The minimum atomic E-state index is -0.125. The Hall–Kier alpha value is -1.34. The van der Waals surface area contributed by atoms with E-state index < -0.39 is 0 Å². The van der Waals surface area contributed by atoms with Gasteiger partial charge in [0.25, 0.3) is 0 Å². The number of carbonyl (C=O) groups is 1. The molecule has 0 fully saturated rings. The molecule has 1 amide bonds. The SMILES string of the molecule is COCCNC(=NCC(=O)NCC(C)C)NN. The van der Waals surface area contributed by atoms with Crippen molar-refractivity contribution in [3.05, 3.63) is 0 Å². The molecular formula is C10H23N5O2. The van der Waals surface area contributed by atoms with E-state index >= 15 is 0 Å². The van der Waals surface area contributed by atoms with Crippen molar-refractivity contribution < 1.29 is 9.53 Å². The van der Waals surface area contributed by atoms with Gasteiger partial charge in [-0.2, -0.15) is 0 Å². The van der Waals surface area contributed by atoms with E-state index in [4.69, 9.17) is 10.6 Å². The molecule has 0 aliphatic heterocycles. The van der Waals surface area contributed by atoms with E-state index in [1.54, 1.807) is 7.11 Å². The zero-order valence-electron chi connectivity index (χ0n) is 10.7. The number of ether oxygens (including phenoxy) is 1. The highest BCUT2D eigenvalue weighted by atomic mass is 16.5. The van der Waals surface area contributed by atoms with Crippen molar-refractivity contribution in [2.45, 2.75) is 13.8 Å². The van der Waals surface area contributed by atoms with Gasteiger partial charge in [-0.05, 0) is 5.92 Å². The minimum absolute atomic E-state index is 0.0479. The normalized spacial score (nSPS) is 11.5. The monoisotopic (exact) mass is 245 g/mol. The maximum atomic E-state index is 11.4. The van der Waals surface area contributed by atoms with Crippen molar-refractivity contribution in [1.29, 1.82) is 0 Å². The molecule has 7 heteroatoms. The fourth-order valence-corrected chi connectivity index (χ4v) is 0.949. The second kappa shape index (κ2) is 9.86. The number of methoxy groups -OCH3 is 1. The van der Waals surface area contributed by atoms with Crippen LogP contribution in [-0.2, 0) is 9.53 Å². The van der Waals surface area contributed by atoms with Crippen LogP contribution in [0.4, 0.5) is 0 Å². The van der Waals surface area contributed by atoms with E-state index in [1.807, 2.05) is 13.8 Å². The number of hydrazine groups is 1. The van der Waals surface area contributed by atoms with Crippen LogP contribution in [0.25, 0.3) is 0 Å². The van der Waals surface area contributed by atoms with Crippen LogP contribution in [0.2, 0.25) is 0 Å². The van der Waals surface area contributed by atoms with Gasteiger partial charge in [0.05, 0.1) is 6.61 Å². The Labute approximate surface area is 102 Å². The van der Waals surface area contributed by atoms with Gasteiger partial charge in [0.15, 0.2) is 0 Å². The third kappa shape index (κ3) is 9.58. The molecular weight excluding hydrogens is 222 g/mol. The van der Waals surface area contributed by atoms with E-state index in [9.17, 15) is 4.79 Å². The molecule has 0 aliphatic rings. The number of carbonyl (C=O) groups excluding carboxylic acids is 1. The average molecular weight is 245 g/mol. The second-order valence-electron chi connectivity index (χ2n) is 3.93. The highest BCUT2D eigenvalue weighted by Gasteiger charge is 2.02. The Morgan fingerprint density at radius 3 is 2.65 bits per heavy atom. The molecule has 0 saturated heterocycles. The molecule has 0 heterocycles. The fraction of sp³-hybridized carbons (Fsp3) is 0.800. The summed E-state index contributed by atoms with van der Waals surface area (Å²) in [5.41, 5.74) is 2.38. The minimum Gasteiger partial charge on any atom is -0.383 e. The Balaban J connectivity index is 3.87. The van der Waals surface area contributed by atoms with Crippen LogP contribution in [0, 0.1) is 5.92 Å². The molecule has 0 atom stereocenters. The Morgan fingerprint density at radius 1 is 1.41 bits per heavy atom. The number of amides is 1. The van der Waals surface area contributed by atoms with Gasteiger partial charge < -0.3 is 15.4 Å². The zero-order chi connectivity index (χ0) is 13.1. The second-order valence-corrected chi connectivity index (χ2v) is 3.93. The van der Waals surface area contributed by atoms with Crippen LogP contribution in [0.5, 0.6) is 0 Å². The summed E-state index contributed by atoms with van der Waals surface area (Å²) in [4.78, 5) is 15.4. The van der Waals surface area contributed by atoms with Crippen molar-refractivity contribution in [2.75, 3.05) is 33.4 Å². The molecule has 0 unspecified atom stereocenters. The molecule has 0 saturated carbocycles. The Kier molecular flexibility index (Phi) is 9.08. The van der Waals surface area contributed by atoms with E-state index in [1.165, 1.54) is 0 Å². The number of rotatable bonds is 7. The molecule has 0 aliphatic carbocycles. The number of hydrogen-bond donors (Lipinski definition) is 4. The quantitative estimate of drug-likeness (QED) is 0.149. The molecule has 0 radical (unpaired) electrons. The van der Waals surface area contributed by atoms with Crippen molar-refractivity contribution in [3.8, 4) is 0 Å². The van der Waals surface area contributed by atoms with Crippen LogP contribution in [0.1, 0.15) is 13.8 Å². The van der Waals surface area contributed by atoms with Crippen molar-refractivity contribution in [2.24, 2.45) is 16.8 Å². The molecule has 5 N–H and O–H groups in total. The predicted octanol–water partition coefficient (Wildman–Crippen LogP) is -1.19. The summed E-state index contributed by atoms with van der Waals surface area (Å²) >= 11 is 0. The first-order valence-electron chi connectivity index (χ1n) is 5.60. The van der Waals surface area contributed by atoms with Crippen molar-refractivity contribution in [1.82, 2.24) is 16.1 Å². The van der Waals surface area contributed by atoms with Crippen LogP contribution < -0.4 is 21.9 Å². The standard InChI is InChI=1S/C10H23N5O2/c1-8(2)6-13-9(16)7-14-10(15-11)12-4-5-17-3/h8H,4-7,11H2,1-3H3,(H,13,16)(H2,12,14,15). The topological polar surface area (TPSA) is 101 Å². The summed E-state index contributed by atoms with van der Waals surface area (Å²) in [5, 5.41) is 5.66. The lowest BCUT2D eigenvalue weighted by Crippen LogP contribution is -2.43. The summed E-state index contributed by atoms with van der Waals surface area (Å²) in [7, 11) is 1.60. The largest absolute Gasteiger partial charge is 0.383 e. The molecule has 0 spiro atoms.